The normalized spacial score (nSPS) is 14.3. The van der Waals surface area contributed by atoms with Gasteiger partial charge in [0.05, 0.1) is 26.9 Å². The van der Waals surface area contributed by atoms with Crippen LogP contribution in [0.2, 0.25) is 4.34 Å². The number of thiophene rings is 1. The molecule has 1 heterocycles. The van der Waals surface area contributed by atoms with Gasteiger partial charge in [-0.2, -0.15) is 0 Å². The number of esters is 1. The lowest BCUT2D eigenvalue weighted by Crippen LogP contribution is -2.23. The van der Waals surface area contributed by atoms with Crippen LogP contribution < -0.4 is 5.32 Å². The molecule has 0 bridgehead atoms. The third-order valence-electron chi connectivity index (χ3n) is 6.94. The van der Waals surface area contributed by atoms with Crippen LogP contribution in [-0.4, -0.2) is 18.7 Å². The van der Waals surface area contributed by atoms with Crippen LogP contribution in [0.15, 0.2) is 72.8 Å². The minimum atomic E-state index is -1.05. The number of carbonyl (C=O) groups is 2. The van der Waals surface area contributed by atoms with E-state index < -0.39 is 29.2 Å². The Kier molecular flexibility index (Phi) is 7.92. The average Bonchev–Trinajstić information content (AvgIpc) is 3.68. The molecular weight excluding hydrogens is 556 g/mol. The van der Waals surface area contributed by atoms with Gasteiger partial charge in [0.2, 0.25) is 0 Å². The number of rotatable bonds is 8. The van der Waals surface area contributed by atoms with E-state index in [0.29, 0.717) is 34.3 Å². The third kappa shape index (κ3) is 5.60. The summed E-state index contributed by atoms with van der Waals surface area (Å²) in [6.07, 6.45) is -0.523. The zero-order valence-corrected chi connectivity index (χ0v) is 23.4. The maximum atomic E-state index is 14.2. The Morgan fingerprint density at radius 2 is 1.77 bits per heavy atom. The molecule has 0 saturated heterocycles. The molecular formula is C31H26ClF2NO4S. The summed E-state index contributed by atoms with van der Waals surface area (Å²) in [5.74, 6) is -1.57. The van der Waals surface area contributed by atoms with Crippen LogP contribution in [-0.2, 0) is 19.7 Å². The molecule has 1 atom stereocenters. The molecule has 0 aliphatic heterocycles. The number of anilines is 1. The van der Waals surface area contributed by atoms with Gasteiger partial charge in [0.25, 0.3) is 0 Å². The topological polar surface area (TPSA) is 64.6 Å². The first kappa shape index (κ1) is 27.8. The Morgan fingerprint density at radius 3 is 2.48 bits per heavy atom. The zero-order valence-electron chi connectivity index (χ0n) is 21.8. The largest absolute Gasteiger partial charge is 0.465 e. The maximum Gasteiger partial charge on any atom is 0.412 e. The van der Waals surface area contributed by atoms with Crippen LogP contribution in [0, 0.1) is 11.6 Å². The second-order valence-electron chi connectivity index (χ2n) is 9.56. The highest BCUT2D eigenvalue weighted by molar-refractivity contribution is 7.20. The number of hydrogen-bond donors (Lipinski definition) is 1. The Bertz CT molecular complexity index is 1570. The van der Waals surface area contributed by atoms with Gasteiger partial charge in [-0.25, -0.2) is 13.6 Å². The summed E-state index contributed by atoms with van der Waals surface area (Å²) in [5, 5.41) is 2.72. The number of ether oxygens (including phenoxy) is 2. The van der Waals surface area contributed by atoms with E-state index in [-0.39, 0.29) is 11.5 Å². The van der Waals surface area contributed by atoms with E-state index in [1.807, 2.05) is 48.5 Å². The predicted octanol–water partition coefficient (Wildman–Crippen LogP) is 8.92. The molecule has 1 unspecified atom stereocenters. The van der Waals surface area contributed by atoms with Crippen molar-refractivity contribution in [2.75, 3.05) is 11.9 Å². The fourth-order valence-electron chi connectivity index (χ4n) is 4.75. The summed E-state index contributed by atoms with van der Waals surface area (Å²) in [7, 11) is 0. The number of hydrogen-bond acceptors (Lipinski definition) is 5. The predicted molar refractivity (Wildman–Crippen MR) is 153 cm³/mol. The maximum absolute atomic E-state index is 14.2. The third-order valence-corrected chi connectivity index (χ3v) is 8.23. The first-order valence-electron chi connectivity index (χ1n) is 12.8. The number of nitrogens with one attached hydrogen (secondary N) is 1. The standard InChI is InChI=1S/C31H26ClF2NO4S/c1-3-38-29(36)31(13-14-31)20-9-11-22(19-7-5-4-6-8-19)24(15-20)28-26(17-27(32)40-28)35-30(37)39-18(2)23-16-21(33)10-12-25(23)34/h4-12,15-18H,3,13-14H2,1-2H3,(H,35,37). The Balaban J connectivity index is 1.51. The Hall–Kier alpha value is -3.75. The molecule has 1 aliphatic carbocycles. The molecule has 4 aromatic rings. The summed E-state index contributed by atoms with van der Waals surface area (Å²) in [5.41, 5.74) is 3.04. The lowest BCUT2D eigenvalue weighted by atomic mass is 9.89. The monoisotopic (exact) mass is 581 g/mol. The molecule has 1 saturated carbocycles. The van der Waals surface area contributed by atoms with Crippen LogP contribution in [0.3, 0.4) is 0 Å². The van der Waals surface area contributed by atoms with Crippen molar-refractivity contribution in [3.63, 3.8) is 0 Å². The molecule has 3 aromatic carbocycles. The van der Waals surface area contributed by atoms with Crippen LogP contribution in [0.1, 0.15) is 43.9 Å². The molecule has 206 valence electrons. The molecule has 0 radical (unpaired) electrons. The number of carbonyl (C=O) groups excluding carboxylic acids is 2. The fraction of sp³-hybridized carbons (Fsp3) is 0.226. The quantitative estimate of drug-likeness (QED) is 0.211. The van der Waals surface area contributed by atoms with Crippen molar-refractivity contribution < 1.29 is 27.8 Å². The van der Waals surface area contributed by atoms with Crippen LogP contribution in [0.5, 0.6) is 0 Å². The van der Waals surface area contributed by atoms with E-state index in [1.165, 1.54) is 18.3 Å². The summed E-state index contributed by atoms with van der Waals surface area (Å²) >= 11 is 7.70. The fourth-order valence-corrected chi connectivity index (χ4v) is 5.96. The van der Waals surface area contributed by atoms with Crippen molar-refractivity contribution in [2.24, 2.45) is 0 Å². The van der Waals surface area contributed by atoms with E-state index in [0.717, 1.165) is 40.5 Å². The molecule has 5 rings (SSSR count). The van der Waals surface area contributed by atoms with E-state index in [1.54, 1.807) is 13.0 Å². The van der Waals surface area contributed by atoms with E-state index >= 15 is 0 Å². The van der Waals surface area contributed by atoms with E-state index in [2.05, 4.69) is 5.32 Å². The average molecular weight is 582 g/mol. The second-order valence-corrected chi connectivity index (χ2v) is 11.2. The summed E-state index contributed by atoms with van der Waals surface area (Å²) in [4.78, 5) is 26.4. The van der Waals surface area contributed by atoms with Gasteiger partial charge in [-0.15, -0.1) is 11.3 Å². The van der Waals surface area contributed by atoms with Gasteiger partial charge >= 0.3 is 12.1 Å². The van der Waals surface area contributed by atoms with Gasteiger partial charge in [-0.05, 0) is 73.7 Å². The molecule has 40 heavy (non-hydrogen) atoms. The molecule has 1 aromatic heterocycles. The highest BCUT2D eigenvalue weighted by atomic mass is 35.5. The Morgan fingerprint density at radius 1 is 1.02 bits per heavy atom. The number of amides is 1. The summed E-state index contributed by atoms with van der Waals surface area (Å²) in [6, 6.07) is 20.2. The van der Waals surface area contributed by atoms with Crippen LogP contribution in [0.25, 0.3) is 21.6 Å². The number of benzene rings is 3. The smallest absolute Gasteiger partial charge is 0.412 e. The first-order valence-corrected chi connectivity index (χ1v) is 14.0. The lowest BCUT2D eigenvalue weighted by Gasteiger charge is -2.19. The van der Waals surface area contributed by atoms with Gasteiger partial charge in [0, 0.05) is 11.1 Å². The van der Waals surface area contributed by atoms with E-state index in [9.17, 15) is 18.4 Å². The van der Waals surface area contributed by atoms with Crippen molar-refractivity contribution in [2.45, 2.75) is 38.2 Å². The van der Waals surface area contributed by atoms with Crippen molar-refractivity contribution in [1.29, 1.82) is 0 Å². The highest BCUT2D eigenvalue weighted by Crippen LogP contribution is 2.52. The first-order chi connectivity index (χ1) is 19.2. The van der Waals surface area contributed by atoms with Gasteiger partial charge in [-0.1, -0.05) is 54.1 Å². The second kappa shape index (κ2) is 11.4. The molecule has 9 heteroatoms. The molecule has 0 spiro atoms. The van der Waals surface area contributed by atoms with Crippen molar-refractivity contribution in [3.05, 3.63) is 99.9 Å². The minimum Gasteiger partial charge on any atom is -0.465 e. The van der Waals surface area contributed by atoms with Crippen molar-refractivity contribution in [3.8, 4) is 21.6 Å². The van der Waals surface area contributed by atoms with Crippen LogP contribution in [0.4, 0.5) is 19.3 Å². The summed E-state index contributed by atoms with van der Waals surface area (Å²) < 4.78 is 39.0. The van der Waals surface area contributed by atoms with Gasteiger partial charge in [0.1, 0.15) is 17.7 Å². The Labute approximate surface area is 239 Å². The van der Waals surface area contributed by atoms with Gasteiger partial charge in [0.15, 0.2) is 0 Å². The molecule has 1 fully saturated rings. The molecule has 1 N–H and O–H groups in total. The zero-order chi connectivity index (χ0) is 28.4. The molecule has 5 nitrogen and oxygen atoms in total. The SMILES string of the molecule is CCOC(=O)C1(c2ccc(-c3ccccc3)c(-c3sc(Cl)cc3NC(=O)OC(C)c3cc(F)ccc3F)c2)CC1. The summed E-state index contributed by atoms with van der Waals surface area (Å²) in [6.45, 7) is 3.54. The van der Waals surface area contributed by atoms with Gasteiger partial charge < -0.3 is 9.47 Å². The number of halogens is 3. The highest BCUT2D eigenvalue weighted by Gasteiger charge is 2.53. The van der Waals surface area contributed by atoms with E-state index in [4.69, 9.17) is 21.1 Å². The van der Waals surface area contributed by atoms with Gasteiger partial charge in [-0.3, -0.25) is 10.1 Å². The lowest BCUT2D eigenvalue weighted by molar-refractivity contribution is -0.146. The minimum absolute atomic E-state index is 0.0773. The van der Waals surface area contributed by atoms with Crippen molar-refractivity contribution in [1.82, 2.24) is 0 Å². The molecule has 1 amide bonds. The van der Waals surface area contributed by atoms with Crippen LogP contribution >= 0.6 is 22.9 Å². The van der Waals surface area contributed by atoms with Crippen molar-refractivity contribution >= 4 is 40.7 Å². The molecule has 1 aliphatic rings.